The third-order valence-electron chi connectivity index (χ3n) is 4.94. The van der Waals surface area contributed by atoms with Crippen LogP contribution < -0.4 is 0 Å². The number of hydrogen-bond donors (Lipinski definition) is 1. The van der Waals surface area contributed by atoms with Gasteiger partial charge in [-0.1, -0.05) is 89.5 Å². The van der Waals surface area contributed by atoms with Crippen molar-refractivity contribution in [3.8, 4) is 0 Å². The Labute approximate surface area is 172 Å². The second kappa shape index (κ2) is 20.2. The van der Waals surface area contributed by atoms with Crippen LogP contribution in [0.3, 0.4) is 0 Å². The van der Waals surface area contributed by atoms with Crippen molar-refractivity contribution < 1.29 is 19.4 Å². The number of esters is 1. The molecule has 0 amide bonds. The molecule has 0 rings (SSSR count). The Bertz CT molecular complexity index is 428. The van der Waals surface area contributed by atoms with Crippen LogP contribution in [0.2, 0.25) is 0 Å². The quantitative estimate of drug-likeness (QED) is 0.139. The Morgan fingerprint density at radius 2 is 1.43 bits per heavy atom. The smallest absolute Gasteiger partial charge is 0.307 e. The first-order valence-electron chi connectivity index (χ1n) is 11.3. The van der Waals surface area contributed by atoms with E-state index in [-0.39, 0.29) is 13.0 Å². The molecule has 0 spiro atoms. The normalized spacial score (nSPS) is 12.2. The summed E-state index contributed by atoms with van der Waals surface area (Å²) >= 11 is 0. The average Bonchev–Trinajstić information content (AvgIpc) is 2.68. The lowest BCUT2D eigenvalue weighted by molar-refractivity contribution is -0.151. The van der Waals surface area contributed by atoms with Gasteiger partial charge in [-0.2, -0.15) is 0 Å². The van der Waals surface area contributed by atoms with Crippen LogP contribution >= 0.6 is 0 Å². The van der Waals surface area contributed by atoms with Gasteiger partial charge in [0.2, 0.25) is 0 Å². The van der Waals surface area contributed by atoms with E-state index >= 15 is 0 Å². The van der Waals surface area contributed by atoms with Crippen molar-refractivity contribution in [1.29, 1.82) is 0 Å². The van der Waals surface area contributed by atoms with E-state index in [4.69, 9.17) is 4.74 Å². The molecular formula is C24H42O4. The zero-order valence-electron chi connectivity index (χ0n) is 18.0. The molecule has 1 N–H and O–H groups in total. The Balaban J connectivity index is 3.54. The summed E-state index contributed by atoms with van der Waals surface area (Å²) < 4.78 is 4.87. The number of carbonyl (C=O) groups excluding carboxylic acids is 1. The predicted octanol–water partition coefficient (Wildman–Crippen LogP) is 6.84. The van der Waals surface area contributed by atoms with Crippen LogP contribution in [0.5, 0.6) is 0 Å². The van der Waals surface area contributed by atoms with E-state index in [0.717, 1.165) is 19.3 Å². The molecular weight excluding hydrogens is 352 g/mol. The zero-order chi connectivity index (χ0) is 20.9. The van der Waals surface area contributed by atoms with Gasteiger partial charge in [0.05, 0.1) is 12.3 Å². The minimum Gasteiger partial charge on any atom is -0.481 e. The van der Waals surface area contributed by atoms with Crippen molar-refractivity contribution in [2.75, 3.05) is 6.61 Å². The van der Waals surface area contributed by atoms with Crippen molar-refractivity contribution in [2.24, 2.45) is 5.92 Å². The molecule has 0 saturated heterocycles. The van der Waals surface area contributed by atoms with Crippen LogP contribution in [-0.4, -0.2) is 23.7 Å². The third-order valence-corrected chi connectivity index (χ3v) is 4.94. The molecule has 0 fully saturated rings. The summed E-state index contributed by atoms with van der Waals surface area (Å²) in [6.07, 6.45) is 22.4. The maximum absolute atomic E-state index is 11.5. The average molecular weight is 395 g/mol. The summed E-state index contributed by atoms with van der Waals surface area (Å²) in [5.41, 5.74) is 0. The fourth-order valence-electron chi connectivity index (χ4n) is 3.19. The van der Waals surface area contributed by atoms with Gasteiger partial charge in [-0.25, -0.2) is 0 Å². The SMILES string of the molecule is C=CCOC(=O)CC(CCCCCCCC/C=C/CCCCCCC)C(=O)O. The summed E-state index contributed by atoms with van der Waals surface area (Å²) in [7, 11) is 0. The van der Waals surface area contributed by atoms with Gasteiger partial charge in [-0.05, 0) is 32.1 Å². The molecule has 28 heavy (non-hydrogen) atoms. The second-order valence-electron chi connectivity index (χ2n) is 7.58. The van der Waals surface area contributed by atoms with Crippen LogP contribution in [0, 0.1) is 5.92 Å². The molecule has 0 aromatic heterocycles. The van der Waals surface area contributed by atoms with Crippen LogP contribution in [0.1, 0.15) is 103 Å². The van der Waals surface area contributed by atoms with E-state index < -0.39 is 17.9 Å². The van der Waals surface area contributed by atoms with Gasteiger partial charge in [0.1, 0.15) is 6.61 Å². The van der Waals surface area contributed by atoms with Crippen LogP contribution in [0.15, 0.2) is 24.8 Å². The first-order valence-corrected chi connectivity index (χ1v) is 11.3. The van der Waals surface area contributed by atoms with E-state index in [9.17, 15) is 14.7 Å². The third kappa shape index (κ3) is 17.8. The monoisotopic (exact) mass is 394 g/mol. The molecule has 0 heterocycles. The Morgan fingerprint density at radius 1 is 0.893 bits per heavy atom. The number of allylic oxidation sites excluding steroid dienone is 2. The fourth-order valence-corrected chi connectivity index (χ4v) is 3.19. The number of rotatable bonds is 20. The van der Waals surface area contributed by atoms with Crippen molar-refractivity contribution in [3.63, 3.8) is 0 Å². The van der Waals surface area contributed by atoms with Crippen LogP contribution in [0.25, 0.3) is 0 Å². The molecule has 0 radical (unpaired) electrons. The first kappa shape index (κ1) is 26.4. The molecule has 0 aliphatic heterocycles. The summed E-state index contributed by atoms with van der Waals surface area (Å²) in [5.74, 6) is -2.00. The van der Waals surface area contributed by atoms with Crippen LogP contribution in [0.4, 0.5) is 0 Å². The van der Waals surface area contributed by atoms with E-state index in [2.05, 4.69) is 25.7 Å². The molecule has 162 valence electrons. The second-order valence-corrected chi connectivity index (χ2v) is 7.58. The number of carboxylic acids is 1. The van der Waals surface area contributed by atoms with Gasteiger partial charge in [0.25, 0.3) is 0 Å². The van der Waals surface area contributed by atoms with E-state index in [1.54, 1.807) is 0 Å². The van der Waals surface area contributed by atoms with Crippen molar-refractivity contribution >= 4 is 11.9 Å². The van der Waals surface area contributed by atoms with E-state index in [1.165, 1.54) is 70.3 Å². The Morgan fingerprint density at radius 3 is 1.96 bits per heavy atom. The fraction of sp³-hybridized carbons (Fsp3) is 0.750. The van der Waals surface area contributed by atoms with Gasteiger partial charge in [-0.15, -0.1) is 0 Å². The van der Waals surface area contributed by atoms with Gasteiger partial charge in [0, 0.05) is 0 Å². The minimum atomic E-state index is -0.910. The molecule has 0 bridgehead atoms. The minimum absolute atomic E-state index is 0.0475. The highest BCUT2D eigenvalue weighted by Gasteiger charge is 2.21. The maximum Gasteiger partial charge on any atom is 0.307 e. The summed E-state index contributed by atoms with van der Waals surface area (Å²) in [6, 6.07) is 0. The first-order chi connectivity index (χ1) is 13.6. The molecule has 1 unspecified atom stereocenters. The highest BCUT2D eigenvalue weighted by molar-refractivity contribution is 5.78. The summed E-state index contributed by atoms with van der Waals surface area (Å²) in [5, 5.41) is 9.23. The van der Waals surface area contributed by atoms with Crippen molar-refractivity contribution in [3.05, 3.63) is 24.8 Å². The summed E-state index contributed by atoms with van der Waals surface area (Å²) in [4.78, 5) is 22.8. The predicted molar refractivity (Wildman–Crippen MR) is 116 cm³/mol. The molecule has 0 aliphatic carbocycles. The Hall–Kier alpha value is -1.58. The number of unbranched alkanes of at least 4 members (excludes halogenated alkanes) is 11. The number of carbonyl (C=O) groups is 2. The van der Waals surface area contributed by atoms with Gasteiger partial charge >= 0.3 is 11.9 Å². The lowest BCUT2D eigenvalue weighted by Crippen LogP contribution is -2.19. The lowest BCUT2D eigenvalue weighted by atomic mass is 9.97. The lowest BCUT2D eigenvalue weighted by Gasteiger charge is -2.11. The Kier molecular flexibility index (Phi) is 19.0. The molecule has 0 aromatic carbocycles. The topological polar surface area (TPSA) is 63.6 Å². The highest BCUT2D eigenvalue weighted by atomic mass is 16.5. The van der Waals surface area contributed by atoms with E-state index in [1.807, 2.05) is 0 Å². The largest absolute Gasteiger partial charge is 0.481 e. The van der Waals surface area contributed by atoms with E-state index in [0.29, 0.717) is 6.42 Å². The molecule has 0 saturated carbocycles. The molecule has 0 aromatic rings. The highest BCUT2D eigenvalue weighted by Crippen LogP contribution is 2.17. The van der Waals surface area contributed by atoms with Crippen molar-refractivity contribution in [2.45, 2.75) is 103 Å². The standard InChI is InChI=1S/C24H42O4/c1-3-5-6-7-8-9-10-11-12-13-14-15-16-17-18-19-22(24(26)27)21-23(25)28-20-4-2/h4,10-11,22H,2-3,5-9,12-21H2,1H3,(H,26,27)/b11-10+. The zero-order valence-corrected chi connectivity index (χ0v) is 18.0. The molecule has 0 aliphatic rings. The van der Waals surface area contributed by atoms with Crippen LogP contribution in [-0.2, 0) is 14.3 Å². The van der Waals surface area contributed by atoms with Gasteiger partial charge in [0.15, 0.2) is 0 Å². The van der Waals surface area contributed by atoms with Gasteiger partial charge in [-0.3, -0.25) is 9.59 Å². The summed E-state index contributed by atoms with van der Waals surface area (Å²) in [6.45, 7) is 5.86. The number of ether oxygens (including phenoxy) is 1. The molecule has 4 heteroatoms. The van der Waals surface area contributed by atoms with Crippen molar-refractivity contribution in [1.82, 2.24) is 0 Å². The van der Waals surface area contributed by atoms with Gasteiger partial charge < -0.3 is 9.84 Å². The molecule has 1 atom stereocenters. The maximum atomic E-state index is 11.5. The number of aliphatic carboxylic acids is 1. The number of carboxylic acid groups (broad SMARTS) is 1. The number of hydrogen-bond acceptors (Lipinski definition) is 3. The molecule has 4 nitrogen and oxygen atoms in total.